The molecule has 2 N–H and O–H groups in total. The highest BCUT2D eigenvalue weighted by atomic mass is 35.5. The van der Waals surface area contributed by atoms with Crippen molar-refractivity contribution >= 4 is 34.7 Å². The van der Waals surface area contributed by atoms with Crippen molar-refractivity contribution in [2.45, 2.75) is 6.42 Å². The zero-order valence-electron chi connectivity index (χ0n) is 10.4. The monoisotopic (exact) mass is 295 g/mol. The summed E-state index contributed by atoms with van der Waals surface area (Å²) in [5, 5.41) is 5.78. The molecule has 0 unspecified atom stereocenters. The lowest BCUT2D eigenvalue weighted by atomic mass is 10.2. The highest BCUT2D eigenvalue weighted by Gasteiger charge is 2.10. The zero-order valence-corrected chi connectivity index (χ0v) is 12.0. The van der Waals surface area contributed by atoms with Crippen LogP contribution in [0.5, 0.6) is 0 Å². The molecule has 0 atom stereocenters. The third kappa shape index (κ3) is 3.68. The second-order valence-corrected chi connectivity index (χ2v) is 5.66. The van der Waals surface area contributed by atoms with Gasteiger partial charge < -0.3 is 10.6 Å². The molecule has 100 valence electrons. The van der Waals surface area contributed by atoms with Crippen LogP contribution in [0.3, 0.4) is 0 Å². The van der Waals surface area contributed by atoms with Gasteiger partial charge >= 0.3 is 0 Å². The molecule has 2 aromatic rings. The van der Waals surface area contributed by atoms with E-state index in [0.29, 0.717) is 17.9 Å². The summed E-state index contributed by atoms with van der Waals surface area (Å²) >= 11 is 7.38. The van der Waals surface area contributed by atoms with Crippen molar-refractivity contribution in [3.63, 3.8) is 0 Å². The molecule has 0 aliphatic carbocycles. The van der Waals surface area contributed by atoms with Crippen molar-refractivity contribution in [2.24, 2.45) is 0 Å². The molecule has 2 aromatic heterocycles. The largest absolute Gasteiger partial charge is 0.372 e. The number of amides is 1. The van der Waals surface area contributed by atoms with Crippen LogP contribution in [-0.2, 0) is 6.42 Å². The molecule has 0 saturated heterocycles. The van der Waals surface area contributed by atoms with Gasteiger partial charge in [-0.3, -0.25) is 4.79 Å². The third-order valence-corrected chi connectivity index (χ3v) is 3.87. The molecule has 0 spiro atoms. The van der Waals surface area contributed by atoms with Crippen LogP contribution in [0.1, 0.15) is 15.2 Å². The van der Waals surface area contributed by atoms with Gasteiger partial charge in [0.15, 0.2) is 0 Å². The molecule has 2 rings (SSSR count). The smallest absolute Gasteiger partial charge is 0.255 e. The minimum Gasteiger partial charge on any atom is -0.372 e. The fraction of sp³-hybridized carbons (Fsp3) is 0.231. The van der Waals surface area contributed by atoms with Gasteiger partial charge in [0, 0.05) is 24.7 Å². The fourth-order valence-electron chi connectivity index (χ4n) is 1.67. The molecule has 19 heavy (non-hydrogen) atoms. The van der Waals surface area contributed by atoms with E-state index in [2.05, 4.69) is 15.6 Å². The predicted octanol–water partition coefficient (Wildman–Crippen LogP) is 2.81. The predicted molar refractivity (Wildman–Crippen MR) is 79.1 cm³/mol. The Morgan fingerprint density at radius 1 is 1.42 bits per heavy atom. The average Bonchev–Trinajstić information content (AvgIpc) is 2.84. The summed E-state index contributed by atoms with van der Waals surface area (Å²) < 4.78 is 0.769. The van der Waals surface area contributed by atoms with Crippen LogP contribution in [0, 0.1) is 0 Å². The van der Waals surface area contributed by atoms with Crippen LogP contribution < -0.4 is 10.6 Å². The fourth-order valence-corrected chi connectivity index (χ4v) is 2.76. The van der Waals surface area contributed by atoms with E-state index in [1.807, 2.05) is 12.1 Å². The Morgan fingerprint density at radius 3 is 2.95 bits per heavy atom. The maximum atomic E-state index is 12.0. The summed E-state index contributed by atoms with van der Waals surface area (Å²) in [6.07, 6.45) is 2.43. The molecule has 6 heteroatoms. The van der Waals surface area contributed by atoms with E-state index in [4.69, 9.17) is 11.6 Å². The van der Waals surface area contributed by atoms with Gasteiger partial charge in [-0.2, -0.15) is 0 Å². The summed E-state index contributed by atoms with van der Waals surface area (Å²) in [4.78, 5) is 17.3. The van der Waals surface area contributed by atoms with Gasteiger partial charge in [-0.05, 0) is 30.7 Å². The van der Waals surface area contributed by atoms with Crippen LogP contribution in [-0.4, -0.2) is 24.5 Å². The van der Waals surface area contributed by atoms with Crippen LogP contribution in [0.25, 0.3) is 0 Å². The molecule has 0 radical (unpaired) electrons. The number of hydrogen-bond acceptors (Lipinski definition) is 4. The van der Waals surface area contributed by atoms with Crippen molar-refractivity contribution in [1.82, 2.24) is 10.3 Å². The molecule has 0 aliphatic rings. The lowest BCUT2D eigenvalue weighted by Crippen LogP contribution is -2.26. The van der Waals surface area contributed by atoms with Gasteiger partial charge in [-0.15, -0.1) is 11.3 Å². The topological polar surface area (TPSA) is 54.0 Å². The minimum absolute atomic E-state index is 0.125. The first kappa shape index (κ1) is 13.8. The molecular formula is C13H14ClN3OS. The SMILES string of the molecule is CNc1ncccc1C(=O)NCCc1ccc(Cl)s1. The molecule has 2 heterocycles. The van der Waals surface area contributed by atoms with Gasteiger partial charge in [0.1, 0.15) is 5.82 Å². The number of rotatable bonds is 5. The van der Waals surface area contributed by atoms with Crippen molar-refractivity contribution in [2.75, 3.05) is 18.9 Å². The van der Waals surface area contributed by atoms with Gasteiger partial charge in [0.05, 0.1) is 9.90 Å². The highest BCUT2D eigenvalue weighted by molar-refractivity contribution is 7.16. The number of pyridine rings is 1. The Hall–Kier alpha value is -1.59. The first-order valence-electron chi connectivity index (χ1n) is 5.86. The number of carbonyl (C=O) groups excluding carboxylic acids is 1. The number of thiophene rings is 1. The lowest BCUT2D eigenvalue weighted by Gasteiger charge is -2.08. The molecule has 4 nitrogen and oxygen atoms in total. The molecule has 0 fully saturated rings. The van der Waals surface area contributed by atoms with Gasteiger partial charge in [0.2, 0.25) is 0 Å². The second-order valence-electron chi connectivity index (χ2n) is 3.86. The van der Waals surface area contributed by atoms with Crippen molar-refractivity contribution in [3.05, 3.63) is 45.2 Å². The van der Waals surface area contributed by atoms with Crippen molar-refractivity contribution in [1.29, 1.82) is 0 Å². The van der Waals surface area contributed by atoms with Gasteiger partial charge in [0.25, 0.3) is 5.91 Å². The lowest BCUT2D eigenvalue weighted by molar-refractivity contribution is 0.0954. The second kappa shape index (κ2) is 6.54. The van der Waals surface area contributed by atoms with Crippen LogP contribution in [0.4, 0.5) is 5.82 Å². The number of anilines is 1. The first-order valence-corrected chi connectivity index (χ1v) is 7.05. The molecule has 0 aromatic carbocycles. The Kier molecular flexibility index (Phi) is 4.76. The summed E-state index contributed by atoms with van der Waals surface area (Å²) in [5.74, 6) is 0.458. The van der Waals surface area contributed by atoms with Crippen LogP contribution >= 0.6 is 22.9 Å². The standard InChI is InChI=1S/C13H14ClN3OS/c1-15-12-10(3-2-7-16-12)13(18)17-8-6-9-4-5-11(14)19-9/h2-5,7H,6,8H2,1H3,(H,15,16)(H,17,18). The third-order valence-electron chi connectivity index (χ3n) is 2.57. The maximum Gasteiger partial charge on any atom is 0.255 e. The molecule has 0 bridgehead atoms. The van der Waals surface area contributed by atoms with E-state index in [9.17, 15) is 4.79 Å². The highest BCUT2D eigenvalue weighted by Crippen LogP contribution is 2.21. The molecule has 1 amide bonds. The van der Waals surface area contributed by atoms with Gasteiger partial charge in [-0.25, -0.2) is 4.98 Å². The summed E-state index contributed by atoms with van der Waals surface area (Å²) in [7, 11) is 1.74. The number of hydrogen-bond donors (Lipinski definition) is 2. The summed E-state index contributed by atoms with van der Waals surface area (Å²) in [6.45, 7) is 0.577. The van der Waals surface area contributed by atoms with Crippen molar-refractivity contribution < 1.29 is 4.79 Å². The average molecular weight is 296 g/mol. The quantitative estimate of drug-likeness (QED) is 0.892. The van der Waals surface area contributed by atoms with E-state index in [1.54, 1.807) is 25.4 Å². The summed E-state index contributed by atoms with van der Waals surface area (Å²) in [6, 6.07) is 7.33. The number of halogens is 1. The number of nitrogens with zero attached hydrogens (tertiary/aromatic N) is 1. The Morgan fingerprint density at radius 2 is 2.26 bits per heavy atom. The van der Waals surface area contributed by atoms with Gasteiger partial charge in [-0.1, -0.05) is 11.6 Å². The van der Waals surface area contributed by atoms with Crippen LogP contribution in [0.15, 0.2) is 30.5 Å². The van der Waals surface area contributed by atoms with E-state index in [1.165, 1.54) is 11.3 Å². The van der Waals surface area contributed by atoms with E-state index in [-0.39, 0.29) is 5.91 Å². The van der Waals surface area contributed by atoms with E-state index in [0.717, 1.165) is 15.6 Å². The Bertz CT molecular complexity index is 571. The first-order chi connectivity index (χ1) is 9.20. The minimum atomic E-state index is -0.125. The number of nitrogens with one attached hydrogen (secondary N) is 2. The number of carbonyl (C=O) groups is 1. The molecule has 0 aliphatic heterocycles. The summed E-state index contributed by atoms with van der Waals surface area (Å²) in [5.41, 5.74) is 0.550. The zero-order chi connectivity index (χ0) is 13.7. The van der Waals surface area contributed by atoms with E-state index < -0.39 is 0 Å². The Balaban J connectivity index is 1.90. The normalized spacial score (nSPS) is 10.2. The molecule has 0 saturated carbocycles. The van der Waals surface area contributed by atoms with Crippen LogP contribution in [0.2, 0.25) is 4.34 Å². The Labute approximate surface area is 120 Å². The molecular weight excluding hydrogens is 282 g/mol. The van der Waals surface area contributed by atoms with E-state index >= 15 is 0 Å². The van der Waals surface area contributed by atoms with Crippen molar-refractivity contribution in [3.8, 4) is 0 Å². The number of aromatic nitrogens is 1. The maximum absolute atomic E-state index is 12.0.